The average molecular weight is 390 g/mol. The van der Waals surface area contributed by atoms with Crippen LogP contribution in [0.2, 0.25) is 0 Å². The van der Waals surface area contributed by atoms with Gasteiger partial charge in [0.15, 0.2) is 11.5 Å². The first kappa shape index (κ1) is 17.2. The molecule has 1 N–H and O–H groups in total. The van der Waals surface area contributed by atoms with Crippen LogP contribution < -0.4 is 4.90 Å². The third-order valence-electron chi connectivity index (χ3n) is 5.52. The summed E-state index contributed by atoms with van der Waals surface area (Å²) in [5.41, 5.74) is 0.258. The molecule has 2 atom stereocenters. The summed E-state index contributed by atoms with van der Waals surface area (Å²) in [5, 5.41) is 14.7. The third-order valence-corrected chi connectivity index (χ3v) is 5.52. The fourth-order valence-corrected chi connectivity index (χ4v) is 4.22. The summed E-state index contributed by atoms with van der Waals surface area (Å²) in [4.78, 5) is 12.8. The van der Waals surface area contributed by atoms with Gasteiger partial charge < -0.3 is 10.0 Å². The lowest BCUT2D eigenvalue weighted by molar-refractivity contribution is 0.218. The molecule has 3 aromatic rings. The van der Waals surface area contributed by atoms with Crippen LogP contribution >= 0.6 is 0 Å². The Bertz CT molecular complexity index is 1060. The number of piperazine rings is 1. The topological polar surface area (TPSA) is 70.3 Å². The monoisotopic (exact) mass is 390 g/mol. The number of rotatable bonds is 4. The second kappa shape index (κ2) is 6.33. The van der Waals surface area contributed by atoms with Crippen LogP contribution in [0.15, 0.2) is 24.4 Å². The van der Waals surface area contributed by atoms with Crippen molar-refractivity contribution in [3.8, 4) is 11.6 Å². The normalized spacial score (nSPS) is 21.9. The van der Waals surface area contributed by atoms with Gasteiger partial charge in [-0.3, -0.25) is 4.90 Å². The lowest BCUT2D eigenvalue weighted by Gasteiger charge is -2.33. The number of fused-ring (bicyclic) bond motifs is 3. The van der Waals surface area contributed by atoms with Crippen molar-refractivity contribution in [2.45, 2.75) is 18.5 Å². The molecular weight excluding hydrogens is 373 g/mol. The van der Waals surface area contributed by atoms with E-state index in [-0.39, 0.29) is 41.4 Å². The van der Waals surface area contributed by atoms with Gasteiger partial charge in [-0.2, -0.15) is 15.1 Å². The number of hydrogen-bond donors (Lipinski definition) is 1. The summed E-state index contributed by atoms with van der Waals surface area (Å²) in [6.07, 6.45) is 2.23. The van der Waals surface area contributed by atoms with E-state index in [2.05, 4.69) is 20.0 Å². The summed E-state index contributed by atoms with van der Waals surface area (Å²) >= 11 is 0. The molecule has 7 nitrogen and oxygen atoms in total. The first-order valence-corrected chi connectivity index (χ1v) is 9.02. The highest BCUT2D eigenvalue weighted by Gasteiger charge is 2.44. The standard InChI is InChI=1S/C18H17F3N6O/c19-3-4-25-8-12-6-11(25)9-26(12)18-23-16-13(17(28)24-18)7-22-27(16)15-2-1-10(20)5-14(15)21/h1-2,5,7,11-12H,3-4,6,8-9H2,(H,23,24,28)/t11-,12-/m1/s1. The molecule has 28 heavy (non-hydrogen) atoms. The van der Waals surface area contributed by atoms with Crippen molar-refractivity contribution in [3.63, 3.8) is 0 Å². The highest BCUT2D eigenvalue weighted by molar-refractivity contribution is 5.82. The Morgan fingerprint density at radius 3 is 2.71 bits per heavy atom. The van der Waals surface area contributed by atoms with E-state index < -0.39 is 11.6 Å². The molecule has 1 aromatic carbocycles. The molecule has 0 spiro atoms. The zero-order valence-corrected chi connectivity index (χ0v) is 14.8. The molecule has 0 unspecified atom stereocenters. The molecule has 146 valence electrons. The van der Waals surface area contributed by atoms with Crippen LogP contribution in [0.1, 0.15) is 6.42 Å². The lowest BCUT2D eigenvalue weighted by atomic mass is 10.2. The van der Waals surface area contributed by atoms with Gasteiger partial charge >= 0.3 is 0 Å². The van der Waals surface area contributed by atoms with Crippen LogP contribution in [0.4, 0.5) is 19.1 Å². The number of alkyl halides is 1. The van der Waals surface area contributed by atoms with Crippen molar-refractivity contribution < 1.29 is 18.3 Å². The van der Waals surface area contributed by atoms with Gasteiger partial charge in [0.25, 0.3) is 0 Å². The molecule has 0 amide bonds. The predicted octanol–water partition coefficient (Wildman–Crippen LogP) is 2.03. The minimum Gasteiger partial charge on any atom is -0.493 e. The van der Waals surface area contributed by atoms with Crippen molar-refractivity contribution in [2.24, 2.45) is 0 Å². The summed E-state index contributed by atoms with van der Waals surface area (Å²) in [5.74, 6) is -1.41. The fourth-order valence-electron chi connectivity index (χ4n) is 4.22. The van der Waals surface area contributed by atoms with Crippen molar-refractivity contribution in [3.05, 3.63) is 36.0 Å². The van der Waals surface area contributed by atoms with Crippen LogP contribution in [0.5, 0.6) is 5.88 Å². The number of anilines is 1. The highest BCUT2D eigenvalue weighted by atomic mass is 19.1. The molecule has 2 aliphatic rings. The Kier molecular flexibility index (Phi) is 3.90. The maximum Gasteiger partial charge on any atom is 0.231 e. The number of aromatic hydroxyl groups is 1. The van der Waals surface area contributed by atoms with Crippen molar-refractivity contribution >= 4 is 17.0 Å². The quantitative estimate of drug-likeness (QED) is 0.735. The Morgan fingerprint density at radius 1 is 1.14 bits per heavy atom. The molecule has 10 heteroatoms. The maximum absolute atomic E-state index is 14.2. The molecule has 0 saturated carbocycles. The molecule has 0 aliphatic carbocycles. The predicted molar refractivity (Wildman–Crippen MR) is 95.3 cm³/mol. The van der Waals surface area contributed by atoms with Crippen molar-refractivity contribution in [1.82, 2.24) is 24.6 Å². The summed E-state index contributed by atoms with van der Waals surface area (Å²) in [6, 6.07) is 3.52. The fraction of sp³-hybridized carbons (Fsp3) is 0.389. The molecule has 2 aliphatic heterocycles. The molecule has 4 heterocycles. The van der Waals surface area contributed by atoms with E-state index in [0.717, 1.165) is 18.6 Å². The number of aromatic nitrogens is 4. The molecule has 5 rings (SSSR count). The van der Waals surface area contributed by atoms with E-state index in [0.29, 0.717) is 25.6 Å². The molecule has 2 fully saturated rings. The number of halogens is 3. The van der Waals surface area contributed by atoms with E-state index in [1.807, 2.05) is 4.90 Å². The van der Waals surface area contributed by atoms with E-state index in [9.17, 15) is 18.3 Å². The minimum atomic E-state index is -0.785. The number of benzene rings is 1. The molecule has 2 bridgehead atoms. The van der Waals surface area contributed by atoms with Gasteiger partial charge in [0.1, 0.15) is 23.6 Å². The first-order valence-electron chi connectivity index (χ1n) is 9.02. The Hall–Kier alpha value is -2.88. The van der Waals surface area contributed by atoms with Crippen molar-refractivity contribution in [1.29, 1.82) is 0 Å². The summed E-state index contributed by atoms with van der Waals surface area (Å²) in [7, 11) is 0. The maximum atomic E-state index is 14.2. The number of hydrogen-bond acceptors (Lipinski definition) is 6. The van der Waals surface area contributed by atoms with E-state index in [4.69, 9.17) is 0 Å². The van der Waals surface area contributed by atoms with Gasteiger partial charge in [-0.15, -0.1) is 0 Å². The second-order valence-electron chi connectivity index (χ2n) is 7.12. The van der Waals surface area contributed by atoms with Gasteiger partial charge in [-0.1, -0.05) is 0 Å². The van der Waals surface area contributed by atoms with Gasteiger partial charge in [0.05, 0.1) is 6.20 Å². The molecule has 2 saturated heterocycles. The molecule has 2 aromatic heterocycles. The SMILES string of the molecule is Oc1nc(N2C[C@H]3C[C@@H]2CN3CCF)nc2c1cnn2-c1ccc(F)cc1F. The summed E-state index contributed by atoms with van der Waals surface area (Å²) in [6.45, 7) is 1.38. The average Bonchev–Trinajstić information content (AvgIpc) is 3.36. The van der Waals surface area contributed by atoms with E-state index >= 15 is 0 Å². The van der Waals surface area contributed by atoms with Crippen LogP contribution in [-0.2, 0) is 0 Å². The lowest BCUT2D eigenvalue weighted by Crippen LogP contribution is -2.47. The third kappa shape index (κ3) is 2.59. The Labute approximate surface area is 158 Å². The minimum absolute atomic E-state index is 0.0255. The van der Waals surface area contributed by atoms with E-state index in [1.165, 1.54) is 16.9 Å². The van der Waals surface area contributed by atoms with Gasteiger partial charge in [-0.25, -0.2) is 17.9 Å². The Morgan fingerprint density at radius 2 is 2.00 bits per heavy atom. The van der Waals surface area contributed by atoms with Crippen LogP contribution in [0, 0.1) is 11.6 Å². The summed E-state index contributed by atoms with van der Waals surface area (Å²) < 4.78 is 41.4. The van der Waals surface area contributed by atoms with E-state index in [1.54, 1.807) is 0 Å². The highest BCUT2D eigenvalue weighted by Crippen LogP contribution is 2.35. The second-order valence-corrected chi connectivity index (χ2v) is 7.12. The Balaban J connectivity index is 1.54. The zero-order valence-electron chi connectivity index (χ0n) is 14.8. The van der Waals surface area contributed by atoms with Gasteiger partial charge in [-0.05, 0) is 18.6 Å². The largest absolute Gasteiger partial charge is 0.493 e. The number of likely N-dealkylation sites (tertiary alicyclic amines) is 1. The zero-order chi connectivity index (χ0) is 19.4. The van der Waals surface area contributed by atoms with Crippen LogP contribution in [-0.4, -0.2) is 68.1 Å². The molecular formula is C18H17F3N6O. The first-order chi connectivity index (χ1) is 13.5. The smallest absolute Gasteiger partial charge is 0.231 e. The van der Waals surface area contributed by atoms with Crippen LogP contribution in [0.25, 0.3) is 16.7 Å². The van der Waals surface area contributed by atoms with Gasteiger partial charge in [0.2, 0.25) is 11.8 Å². The number of nitrogens with zero attached hydrogens (tertiary/aromatic N) is 6. The van der Waals surface area contributed by atoms with Crippen molar-refractivity contribution in [2.75, 3.05) is 31.2 Å². The molecule has 0 radical (unpaired) electrons. The van der Waals surface area contributed by atoms with Crippen LogP contribution in [0.3, 0.4) is 0 Å². The van der Waals surface area contributed by atoms with Gasteiger partial charge in [0, 0.05) is 37.8 Å².